The monoisotopic (exact) mass is 370 g/mol. The summed E-state index contributed by atoms with van der Waals surface area (Å²) in [6.45, 7) is 5.66. The van der Waals surface area contributed by atoms with Crippen molar-refractivity contribution >= 4 is 11.0 Å². The highest BCUT2D eigenvalue weighted by Crippen LogP contribution is 2.31. The summed E-state index contributed by atoms with van der Waals surface area (Å²) >= 11 is 0. The molecule has 1 aliphatic heterocycles. The molecule has 4 heteroatoms. The second-order valence-corrected chi connectivity index (χ2v) is 8.43. The van der Waals surface area contributed by atoms with Crippen LogP contribution in [0.4, 0.5) is 0 Å². The molecule has 0 bridgehead atoms. The molecule has 1 saturated carbocycles. The van der Waals surface area contributed by atoms with Crippen molar-refractivity contribution in [3.05, 3.63) is 53.9 Å². The van der Waals surface area contributed by atoms with Crippen LogP contribution in [-0.4, -0.2) is 33.6 Å². The van der Waals surface area contributed by atoms with Crippen LogP contribution in [0.2, 0.25) is 0 Å². The predicted octanol–water partition coefficient (Wildman–Crippen LogP) is 4.62. The Labute approximate surface area is 166 Å². The van der Waals surface area contributed by atoms with Crippen LogP contribution in [-0.2, 0) is 13.0 Å². The van der Waals surface area contributed by atoms with Gasteiger partial charge in [0.05, 0.1) is 22.7 Å². The minimum Gasteiger partial charge on any atom is -0.327 e. The average molecular weight is 371 g/mol. The molecule has 2 aliphatic rings. The predicted molar refractivity (Wildman–Crippen MR) is 112 cm³/mol. The Balaban J connectivity index is 1.44. The Hall–Kier alpha value is -2.64. The maximum absolute atomic E-state index is 9.02. The van der Waals surface area contributed by atoms with Crippen molar-refractivity contribution in [2.75, 3.05) is 13.1 Å². The summed E-state index contributed by atoms with van der Waals surface area (Å²) in [5, 5.41) is 9.02. The first-order valence-corrected chi connectivity index (χ1v) is 10.4. The molecule has 0 N–H and O–H groups in total. The van der Waals surface area contributed by atoms with E-state index >= 15 is 0 Å². The lowest BCUT2D eigenvalue weighted by Gasteiger charge is -2.27. The van der Waals surface area contributed by atoms with Gasteiger partial charge in [-0.25, -0.2) is 4.98 Å². The highest BCUT2D eigenvalue weighted by Gasteiger charge is 2.28. The van der Waals surface area contributed by atoms with Crippen molar-refractivity contribution in [1.82, 2.24) is 14.5 Å². The number of rotatable bonds is 2. The van der Waals surface area contributed by atoms with E-state index in [1.807, 2.05) is 24.3 Å². The Kier molecular flexibility index (Phi) is 4.41. The second kappa shape index (κ2) is 7.07. The highest BCUT2D eigenvalue weighted by molar-refractivity contribution is 5.83. The Morgan fingerprint density at radius 3 is 2.57 bits per heavy atom. The molecule has 3 aromatic rings. The summed E-state index contributed by atoms with van der Waals surface area (Å²) in [4.78, 5) is 7.65. The quantitative estimate of drug-likeness (QED) is 0.661. The second-order valence-electron chi connectivity index (χ2n) is 8.43. The minimum absolute atomic E-state index is 0.698. The van der Waals surface area contributed by atoms with Crippen LogP contribution in [0.1, 0.15) is 37.6 Å². The van der Waals surface area contributed by atoms with Crippen LogP contribution in [0, 0.1) is 17.2 Å². The summed E-state index contributed by atoms with van der Waals surface area (Å²) in [6.07, 6.45) is 5.12. The van der Waals surface area contributed by atoms with Gasteiger partial charge in [0.2, 0.25) is 0 Å². The van der Waals surface area contributed by atoms with E-state index in [0.29, 0.717) is 5.56 Å². The van der Waals surface area contributed by atoms with Gasteiger partial charge in [-0.3, -0.25) is 4.90 Å². The standard InChI is InChI=1S/C24H26N4/c1-17-2-8-21(14-17)27-11-10-24-26-22-9-7-20(15-23(22)28(24)13-12-27)19-5-3-18(16-25)4-6-19/h3-7,9,15,17,21H,2,8,10-14H2,1H3/t17-,21-/m0/s1. The zero-order chi connectivity index (χ0) is 19.1. The van der Waals surface area contributed by atoms with Crippen molar-refractivity contribution < 1.29 is 0 Å². The maximum atomic E-state index is 9.02. The Morgan fingerprint density at radius 1 is 1.00 bits per heavy atom. The smallest absolute Gasteiger partial charge is 0.111 e. The number of hydrogen-bond acceptors (Lipinski definition) is 3. The van der Waals surface area contributed by atoms with Crippen molar-refractivity contribution in [3.8, 4) is 17.2 Å². The van der Waals surface area contributed by atoms with E-state index in [1.165, 1.54) is 36.2 Å². The molecule has 0 amide bonds. The summed E-state index contributed by atoms with van der Waals surface area (Å²) in [6, 6.07) is 17.3. The molecule has 28 heavy (non-hydrogen) atoms. The van der Waals surface area contributed by atoms with Gasteiger partial charge in [-0.05, 0) is 60.6 Å². The Morgan fingerprint density at radius 2 is 1.82 bits per heavy atom. The fourth-order valence-electron chi connectivity index (χ4n) is 4.99. The fourth-order valence-corrected chi connectivity index (χ4v) is 4.99. The molecule has 2 heterocycles. The van der Waals surface area contributed by atoms with E-state index in [9.17, 15) is 0 Å². The largest absolute Gasteiger partial charge is 0.327 e. The van der Waals surface area contributed by atoms with Crippen LogP contribution in [0.25, 0.3) is 22.2 Å². The van der Waals surface area contributed by atoms with Gasteiger partial charge in [-0.2, -0.15) is 5.26 Å². The van der Waals surface area contributed by atoms with Gasteiger partial charge in [0.1, 0.15) is 5.82 Å². The maximum Gasteiger partial charge on any atom is 0.111 e. The lowest BCUT2D eigenvalue weighted by atomic mass is 10.0. The van der Waals surface area contributed by atoms with Gasteiger partial charge in [0.15, 0.2) is 0 Å². The number of imidazole rings is 1. The number of fused-ring (bicyclic) bond motifs is 3. The average Bonchev–Trinajstić information content (AvgIpc) is 3.24. The topological polar surface area (TPSA) is 44.9 Å². The van der Waals surface area contributed by atoms with E-state index in [0.717, 1.165) is 49.1 Å². The molecule has 5 rings (SSSR count). The van der Waals surface area contributed by atoms with Crippen molar-refractivity contribution in [1.29, 1.82) is 5.26 Å². The van der Waals surface area contributed by atoms with Crippen LogP contribution in [0.15, 0.2) is 42.5 Å². The fraction of sp³-hybridized carbons (Fsp3) is 0.417. The molecule has 1 aliphatic carbocycles. The highest BCUT2D eigenvalue weighted by atomic mass is 15.2. The zero-order valence-electron chi connectivity index (χ0n) is 16.4. The summed E-state index contributed by atoms with van der Waals surface area (Å²) < 4.78 is 2.43. The lowest BCUT2D eigenvalue weighted by Crippen LogP contribution is -2.35. The van der Waals surface area contributed by atoms with E-state index < -0.39 is 0 Å². The number of hydrogen-bond donors (Lipinski definition) is 0. The number of benzene rings is 2. The summed E-state index contributed by atoms with van der Waals surface area (Å²) in [5.74, 6) is 2.10. The summed E-state index contributed by atoms with van der Waals surface area (Å²) in [7, 11) is 0. The normalized spacial score (nSPS) is 22.7. The van der Waals surface area contributed by atoms with Gasteiger partial charge in [-0.1, -0.05) is 25.1 Å². The SMILES string of the molecule is C[C@H]1CC[C@H](N2CCc3nc4ccc(-c5ccc(C#N)cc5)cc4n3CC2)C1. The number of aromatic nitrogens is 2. The van der Waals surface area contributed by atoms with Gasteiger partial charge < -0.3 is 4.57 Å². The van der Waals surface area contributed by atoms with E-state index in [1.54, 1.807) is 0 Å². The van der Waals surface area contributed by atoms with Crippen molar-refractivity contribution in [2.24, 2.45) is 5.92 Å². The Bertz CT molecular complexity index is 1040. The number of nitriles is 1. The molecule has 1 fully saturated rings. The molecule has 0 unspecified atom stereocenters. The number of nitrogens with zero attached hydrogens (tertiary/aromatic N) is 4. The molecule has 1 aromatic heterocycles. The van der Waals surface area contributed by atoms with Gasteiger partial charge in [0, 0.05) is 32.1 Å². The van der Waals surface area contributed by atoms with Gasteiger partial charge in [0.25, 0.3) is 0 Å². The molecule has 0 saturated heterocycles. The third kappa shape index (κ3) is 3.10. The molecular formula is C24H26N4. The minimum atomic E-state index is 0.698. The van der Waals surface area contributed by atoms with Crippen molar-refractivity contribution in [2.45, 2.75) is 45.2 Å². The van der Waals surface area contributed by atoms with Crippen LogP contribution in [0.5, 0.6) is 0 Å². The van der Waals surface area contributed by atoms with E-state index in [4.69, 9.17) is 10.2 Å². The molecule has 4 nitrogen and oxygen atoms in total. The van der Waals surface area contributed by atoms with Gasteiger partial charge >= 0.3 is 0 Å². The molecule has 2 aromatic carbocycles. The van der Waals surface area contributed by atoms with Crippen LogP contribution in [0.3, 0.4) is 0 Å². The van der Waals surface area contributed by atoms with E-state index in [2.05, 4.69) is 40.7 Å². The molecule has 142 valence electrons. The summed E-state index contributed by atoms with van der Waals surface area (Å²) in [5.41, 5.74) is 5.36. The lowest BCUT2D eigenvalue weighted by molar-refractivity contribution is 0.200. The molecular weight excluding hydrogens is 344 g/mol. The first-order chi connectivity index (χ1) is 13.7. The van der Waals surface area contributed by atoms with E-state index in [-0.39, 0.29) is 0 Å². The third-order valence-electron chi connectivity index (χ3n) is 6.59. The molecule has 0 spiro atoms. The van der Waals surface area contributed by atoms with Crippen LogP contribution < -0.4 is 0 Å². The molecule has 2 atom stereocenters. The third-order valence-corrected chi connectivity index (χ3v) is 6.59. The van der Waals surface area contributed by atoms with Crippen LogP contribution >= 0.6 is 0 Å². The molecule has 0 radical (unpaired) electrons. The first kappa shape index (κ1) is 17.5. The van der Waals surface area contributed by atoms with Crippen molar-refractivity contribution in [3.63, 3.8) is 0 Å². The zero-order valence-corrected chi connectivity index (χ0v) is 16.4. The van der Waals surface area contributed by atoms with Gasteiger partial charge in [-0.15, -0.1) is 0 Å². The first-order valence-electron chi connectivity index (χ1n) is 10.4.